The molecule has 1 aliphatic rings. The molecule has 0 aliphatic carbocycles. The van der Waals surface area contributed by atoms with Gasteiger partial charge in [0.2, 0.25) is 0 Å². The van der Waals surface area contributed by atoms with E-state index in [-0.39, 0.29) is 5.91 Å². The number of aryl methyl sites for hydroxylation is 1. The van der Waals surface area contributed by atoms with E-state index in [1.807, 2.05) is 11.9 Å². The molecule has 1 fully saturated rings. The van der Waals surface area contributed by atoms with Gasteiger partial charge in [-0.2, -0.15) is 0 Å². The second kappa shape index (κ2) is 5.91. The summed E-state index contributed by atoms with van der Waals surface area (Å²) in [6, 6.07) is 5.99. The van der Waals surface area contributed by atoms with Crippen molar-refractivity contribution in [2.24, 2.45) is 7.05 Å². The molecular weight excluding hydrogens is 284 g/mol. The number of hydrogen-bond donors (Lipinski definition) is 1. The van der Waals surface area contributed by atoms with Crippen molar-refractivity contribution in [3.63, 3.8) is 0 Å². The largest absolute Gasteiger partial charge is 0.397 e. The molecule has 2 aromatic rings. The van der Waals surface area contributed by atoms with E-state index in [1.54, 1.807) is 28.2 Å². The minimum Gasteiger partial charge on any atom is -0.397 e. The SMILES string of the molecule is Cn1cc(N)cc1C(=O)N1CCN(Cc2cccs2)CC1. The van der Waals surface area contributed by atoms with Crippen molar-refractivity contribution in [2.75, 3.05) is 31.9 Å². The number of nitrogen functional groups attached to an aromatic ring is 1. The molecular formula is C15H20N4OS. The summed E-state index contributed by atoms with van der Waals surface area (Å²) in [5.74, 6) is 0.0740. The maximum atomic E-state index is 12.5. The van der Waals surface area contributed by atoms with Crippen molar-refractivity contribution in [3.8, 4) is 0 Å². The van der Waals surface area contributed by atoms with Crippen LogP contribution in [0.5, 0.6) is 0 Å². The maximum absolute atomic E-state index is 12.5. The molecule has 0 spiro atoms. The van der Waals surface area contributed by atoms with E-state index in [1.165, 1.54) is 4.88 Å². The Morgan fingerprint density at radius 3 is 2.67 bits per heavy atom. The highest BCUT2D eigenvalue weighted by Gasteiger charge is 2.24. The molecule has 0 bridgehead atoms. The number of carbonyl (C=O) groups is 1. The standard InChI is InChI=1S/C15H20N4OS/c1-17-10-12(16)9-14(17)15(20)19-6-4-18(5-7-19)11-13-3-2-8-21-13/h2-3,8-10H,4-7,11,16H2,1H3. The predicted octanol–water partition coefficient (Wildman–Crippen LogP) is 1.63. The van der Waals surface area contributed by atoms with Gasteiger partial charge in [-0.25, -0.2) is 0 Å². The maximum Gasteiger partial charge on any atom is 0.270 e. The van der Waals surface area contributed by atoms with E-state index in [0.717, 1.165) is 32.7 Å². The number of carbonyl (C=O) groups excluding carboxylic acids is 1. The van der Waals surface area contributed by atoms with E-state index in [0.29, 0.717) is 11.4 Å². The Morgan fingerprint density at radius 1 is 1.33 bits per heavy atom. The monoisotopic (exact) mass is 304 g/mol. The third-order valence-electron chi connectivity index (χ3n) is 3.86. The number of nitrogens with zero attached hydrogens (tertiary/aromatic N) is 3. The smallest absolute Gasteiger partial charge is 0.270 e. The Hall–Kier alpha value is -1.79. The minimum atomic E-state index is 0.0740. The fourth-order valence-corrected chi connectivity index (χ4v) is 3.44. The lowest BCUT2D eigenvalue weighted by molar-refractivity contribution is 0.0620. The second-order valence-corrected chi connectivity index (χ2v) is 6.45. The fourth-order valence-electron chi connectivity index (χ4n) is 2.70. The van der Waals surface area contributed by atoms with Gasteiger partial charge >= 0.3 is 0 Å². The first kappa shape index (κ1) is 14.2. The van der Waals surface area contributed by atoms with Crippen LogP contribution in [0.2, 0.25) is 0 Å². The van der Waals surface area contributed by atoms with Gasteiger partial charge in [0.15, 0.2) is 0 Å². The molecule has 1 amide bonds. The Labute approximate surface area is 128 Å². The Kier molecular flexibility index (Phi) is 3.98. The van der Waals surface area contributed by atoms with Crippen molar-refractivity contribution in [1.82, 2.24) is 14.4 Å². The summed E-state index contributed by atoms with van der Waals surface area (Å²) in [6.45, 7) is 4.37. The van der Waals surface area contributed by atoms with E-state index in [9.17, 15) is 4.79 Å². The van der Waals surface area contributed by atoms with Crippen molar-refractivity contribution >= 4 is 22.9 Å². The molecule has 0 aromatic carbocycles. The van der Waals surface area contributed by atoms with Crippen molar-refractivity contribution in [2.45, 2.75) is 6.54 Å². The van der Waals surface area contributed by atoms with Gasteiger partial charge in [-0.05, 0) is 17.5 Å². The molecule has 0 atom stereocenters. The van der Waals surface area contributed by atoms with Crippen LogP contribution in [0, 0.1) is 0 Å². The van der Waals surface area contributed by atoms with Gasteiger partial charge in [0.1, 0.15) is 5.69 Å². The van der Waals surface area contributed by atoms with Crippen LogP contribution >= 0.6 is 11.3 Å². The molecule has 112 valence electrons. The minimum absolute atomic E-state index is 0.0740. The van der Waals surface area contributed by atoms with Crippen LogP contribution < -0.4 is 5.73 Å². The first-order valence-electron chi connectivity index (χ1n) is 7.09. The van der Waals surface area contributed by atoms with Crippen LogP contribution in [-0.2, 0) is 13.6 Å². The number of hydrogen-bond acceptors (Lipinski definition) is 4. The average Bonchev–Trinajstić information content (AvgIpc) is 3.08. The molecule has 3 heterocycles. The van der Waals surface area contributed by atoms with Gasteiger partial charge in [0, 0.05) is 50.8 Å². The van der Waals surface area contributed by atoms with E-state index in [4.69, 9.17) is 5.73 Å². The number of nitrogens with two attached hydrogens (primary N) is 1. The fraction of sp³-hybridized carbons (Fsp3) is 0.400. The molecule has 6 heteroatoms. The molecule has 2 aromatic heterocycles. The summed E-state index contributed by atoms with van der Waals surface area (Å²) in [4.78, 5) is 18.2. The lowest BCUT2D eigenvalue weighted by atomic mass is 10.2. The van der Waals surface area contributed by atoms with Gasteiger partial charge in [-0.15, -0.1) is 11.3 Å². The van der Waals surface area contributed by atoms with Gasteiger partial charge in [0.05, 0.1) is 5.69 Å². The first-order chi connectivity index (χ1) is 10.1. The number of anilines is 1. The van der Waals surface area contributed by atoms with Crippen LogP contribution in [0.3, 0.4) is 0 Å². The second-order valence-electron chi connectivity index (χ2n) is 5.42. The Bertz CT molecular complexity index is 612. The van der Waals surface area contributed by atoms with Crippen molar-refractivity contribution in [3.05, 3.63) is 40.3 Å². The van der Waals surface area contributed by atoms with Crippen molar-refractivity contribution < 1.29 is 4.79 Å². The summed E-state index contributed by atoms with van der Waals surface area (Å²) < 4.78 is 1.80. The third kappa shape index (κ3) is 3.11. The van der Waals surface area contributed by atoms with Crippen molar-refractivity contribution in [1.29, 1.82) is 0 Å². The molecule has 0 radical (unpaired) electrons. The predicted molar refractivity (Wildman–Crippen MR) is 85.3 cm³/mol. The third-order valence-corrected chi connectivity index (χ3v) is 4.73. The normalized spacial score (nSPS) is 16.3. The Morgan fingerprint density at radius 2 is 2.10 bits per heavy atom. The molecule has 5 nitrogen and oxygen atoms in total. The van der Waals surface area contributed by atoms with Crippen LogP contribution in [0.25, 0.3) is 0 Å². The average molecular weight is 304 g/mol. The van der Waals surface area contributed by atoms with E-state index < -0.39 is 0 Å². The lowest BCUT2D eigenvalue weighted by Crippen LogP contribution is -2.48. The first-order valence-corrected chi connectivity index (χ1v) is 7.97. The van der Waals surface area contributed by atoms with Crippen LogP contribution in [-0.4, -0.2) is 46.5 Å². The highest BCUT2D eigenvalue weighted by Crippen LogP contribution is 2.16. The molecule has 1 saturated heterocycles. The number of amides is 1. The van der Waals surface area contributed by atoms with Gasteiger partial charge in [-0.3, -0.25) is 9.69 Å². The molecule has 2 N–H and O–H groups in total. The summed E-state index contributed by atoms with van der Waals surface area (Å²) in [5.41, 5.74) is 7.05. The van der Waals surface area contributed by atoms with E-state index >= 15 is 0 Å². The van der Waals surface area contributed by atoms with Crippen LogP contribution in [0.15, 0.2) is 29.8 Å². The number of thiophene rings is 1. The zero-order chi connectivity index (χ0) is 14.8. The summed E-state index contributed by atoms with van der Waals surface area (Å²) in [5, 5.41) is 2.11. The van der Waals surface area contributed by atoms with Crippen LogP contribution in [0.1, 0.15) is 15.4 Å². The van der Waals surface area contributed by atoms with Gasteiger partial charge in [0.25, 0.3) is 5.91 Å². The summed E-state index contributed by atoms with van der Waals surface area (Å²) >= 11 is 1.79. The van der Waals surface area contributed by atoms with Crippen LogP contribution in [0.4, 0.5) is 5.69 Å². The van der Waals surface area contributed by atoms with Gasteiger partial charge < -0.3 is 15.2 Å². The topological polar surface area (TPSA) is 54.5 Å². The quantitative estimate of drug-likeness (QED) is 0.937. The zero-order valence-corrected chi connectivity index (χ0v) is 13.0. The molecule has 3 rings (SSSR count). The number of piperazine rings is 1. The Balaban J connectivity index is 1.58. The zero-order valence-electron chi connectivity index (χ0n) is 12.2. The van der Waals surface area contributed by atoms with Gasteiger partial charge in [-0.1, -0.05) is 6.07 Å². The molecule has 0 unspecified atom stereocenters. The van der Waals surface area contributed by atoms with E-state index in [2.05, 4.69) is 22.4 Å². The molecule has 21 heavy (non-hydrogen) atoms. The molecule has 1 aliphatic heterocycles. The highest BCUT2D eigenvalue weighted by molar-refractivity contribution is 7.09. The highest BCUT2D eigenvalue weighted by atomic mass is 32.1. The molecule has 0 saturated carbocycles. The summed E-state index contributed by atoms with van der Waals surface area (Å²) in [7, 11) is 1.86. The summed E-state index contributed by atoms with van der Waals surface area (Å²) in [6.07, 6.45) is 1.78. The number of aromatic nitrogens is 1. The number of rotatable bonds is 3. The lowest BCUT2D eigenvalue weighted by Gasteiger charge is -2.34.